The molecule has 0 rings (SSSR count). The van der Waals surface area contributed by atoms with Gasteiger partial charge in [0.15, 0.2) is 6.04 Å². The summed E-state index contributed by atoms with van der Waals surface area (Å²) < 4.78 is 0.468. The molecule has 0 heterocycles. The minimum absolute atomic E-state index is 0.329. The number of hydrogen-bond donors (Lipinski definition) is 1. The van der Waals surface area contributed by atoms with E-state index in [4.69, 9.17) is 5.11 Å². The number of quaternary nitrogens is 1. The predicted molar refractivity (Wildman–Crippen MR) is 35.1 cm³/mol. The molecule has 1 unspecified atom stereocenters. The van der Waals surface area contributed by atoms with E-state index >= 15 is 0 Å². The molecule has 0 saturated carbocycles. The molecule has 0 aromatic rings. The van der Waals surface area contributed by atoms with Gasteiger partial charge in [0.05, 0.1) is 21.1 Å². The van der Waals surface area contributed by atoms with Crippen molar-refractivity contribution in [1.82, 2.24) is 0 Å². The van der Waals surface area contributed by atoms with Crippen molar-refractivity contribution in [3.8, 4) is 0 Å². The molecule has 3 nitrogen and oxygen atoms in total. The number of carboxylic acid groups (broad SMARTS) is 1. The van der Waals surface area contributed by atoms with Crippen molar-refractivity contribution in [2.24, 2.45) is 0 Å². The molecule has 0 spiro atoms. The largest absolute Gasteiger partial charge is 0.477 e. The highest BCUT2D eigenvalue weighted by Gasteiger charge is 2.24. The van der Waals surface area contributed by atoms with Crippen molar-refractivity contribution in [2.75, 3.05) is 21.1 Å². The standard InChI is InChI=1S/C6H13NO2/c1-5(6(8)9)7(2,3)4/h5H,1-4H3/p+1. The Morgan fingerprint density at radius 1 is 1.44 bits per heavy atom. The summed E-state index contributed by atoms with van der Waals surface area (Å²) in [6.45, 7) is 1.70. The maximum absolute atomic E-state index is 10.3. The van der Waals surface area contributed by atoms with Crippen LogP contribution in [0, 0.1) is 0 Å². The zero-order valence-electron chi connectivity index (χ0n) is 6.38. The molecule has 0 saturated heterocycles. The van der Waals surface area contributed by atoms with Gasteiger partial charge in [-0.25, -0.2) is 4.79 Å². The highest BCUT2D eigenvalue weighted by atomic mass is 16.4. The first-order valence-electron chi connectivity index (χ1n) is 2.89. The van der Waals surface area contributed by atoms with E-state index in [1.165, 1.54) is 0 Å². The Hall–Kier alpha value is -0.570. The Morgan fingerprint density at radius 3 is 1.78 bits per heavy atom. The third-order valence-corrected chi connectivity index (χ3v) is 1.52. The topological polar surface area (TPSA) is 37.3 Å². The Morgan fingerprint density at radius 2 is 1.78 bits per heavy atom. The number of nitrogens with zero attached hydrogens (tertiary/aromatic N) is 1. The first kappa shape index (κ1) is 8.43. The van der Waals surface area contributed by atoms with Crippen molar-refractivity contribution >= 4 is 5.97 Å². The summed E-state index contributed by atoms with van der Waals surface area (Å²) in [6, 6.07) is -0.329. The van der Waals surface area contributed by atoms with Crippen LogP contribution in [0.5, 0.6) is 0 Å². The van der Waals surface area contributed by atoms with Gasteiger partial charge < -0.3 is 9.59 Å². The molecular formula is C6H14NO2+. The smallest absolute Gasteiger partial charge is 0.362 e. The summed E-state index contributed by atoms with van der Waals surface area (Å²) in [4.78, 5) is 10.3. The van der Waals surface area contributed by atoms with Crippen LogP contribution >= 0.6 is 0 Å². The fraction of sp³-hybridized carbons (Fsp3) is 0.833. The lowest BCUT2D eigenvalue weighted by atomic mass is 10.3. The van der Waals surface area contributed by atoms with Gasteiger partial charge in [-0.05, 0) is 6.92 Å². The van der Waals surface area contributed by atoms with E-state index in [0.29, 0.717) is 4.48 Å². The fourth-order valence-corrected chi connectivity index (χ4v) is 0.331. The quantitative estimate of drug-likeness (QED) is 0.544. The van der Waals surface area contributed by atoms with Gasteiger partial charge in [0.2, 0.25) is 0 Å². The Kier molecular flexibility index (Phi) is 2.20. The van der Waals surface area contributed by atoms with Gasteiger partial charge in [-0.2, -0.15) is 0 Å². The predicted octanol–water partition coefficient (Wildman–Crippen LogP) is 0.166. The van der Waals surface area contributed by atoms with Crippen LogP contribution in [0.15, 0.2) is 0 Å². The molecule has 0 aromatic carbocycles. The van der Waals surface area contributed by atoms with Crippen molar-refractivity contribution in [3.05, 3.63) is 0 Å². The molecule has 1 atom stereocenters. The van der Waals surface area contributed by atoms with Crippen LogP contribution in [-0.4, -0.2) is 42.7 Å². The highest BCUT2D eigenvalue weighted by molar-refractivity contribution is 5.71. The highest BCUT2D eigenvalue weighted by Crippen LogP contribution is 2.00. The normalized spacial score (nSPS) is 15.1. The zero-order valence-corrected chi connectivity index (χ0v) is 6.38. The van der Waals surface area contributed by atoms with Gasteiger partial charge in [-0.15, -0.1) is 0 Å². The molecular weight excluding hydrogens is 118 g/mol. The van der Waals surface area contributed by atoms with E-state index in [0.717, 1.165) is 0 Å². The summed E-state index contributed by atoms with van der Waals surface area (Å²) in [5, 5.41) is 8.50. The van der Waals surface area contributed by atoms with Crippen molar-refractivity contribution in [2.45, 2.75) is 13.0 Å². The molecule has 0 bridgehead atoms. The lowest BCUT2D eigenvalue weighted by molar-refractivity contribution is -0.885. The number of carbonyl (C=O) groups is 1. The Balaban J connectivity index is 4.04. The van der Waals surface area contributed by atoms with Crippen molar-refractivity contribution in [3.63, 3.8) is 0 Å². The van der Waals surface area contributed by atoms with Crippen LogP contribution in [0.25, 0.3) is 0 Å². The monoisotopic (exact) mass is 132 g/mol. The second-order valence-corrected chi connectivity index (χ2v) is 3.13. The number of rotatable bonds is 2. The van der Waals surface area contributed by atoms with Crippen LogP contribution in [-0.2, 0) is 4.79 Å². The zero-order chi connectivity index (χ0) is 7.65. The third kappa shape index (κ3) is 2.46. The van der Waals surface area contributed by atoms with E-state index in [-0.39, 0.29) is 6.04 Å². The molecule has 9 heavy (non-hydrogen) atoms. The van der Waals surface area contributed by atoms with Crippen LogP contribution in [0.2, 0.25) is 0 Å². The van der Waals surface area contributed by atoms with Gasteiger partial charge >= 0.3 is 5.97 Å². The number of carboxylic acids is 1. The third-order valence-electron chi connectivity index (χ3n) is 1.52. The molecule has 0 fully saturated rings. The van der Waals surface area contributed by atoms with Crippen LogP contribution in [0.3, 0.4) is 0 Å². The van der Waals surface area contributed by atoms with Gasteiger partial charge in [0, 0.05) is 0 Å². The van der Waals surface area contributed by atoms with E-state index < -0.39 is 5.97 Å². The summed E-state index contributed by atoms with van der Waals surface area (Å²) >= 11 is 0. The summed E-state index contributed by atoms with van der Waals surface area (Å²) in [6.07, 6.45) is 0. The average molecular weight is 132 g/mol. The molecule has 0 radical (unpaired) electrons. The fourth-order valence-electron chi connectivity index (χ4n) is 0.331. The molecule has 0 aliphatic carbocycles. The van der Waals surface area contributed by atoms with Crippen molar-refractivity contribution < 1.29 is 14.4 Å². The molecule has 0 aliphatic rings. The Bertz CT molecular complexity index is 115. The van der Waals surface area contributed by atoms with Gasteiger partial charge in [0.1, 0.15) is 0 Å². The van der Waals surface area contributed by atoms with Gasteiger partial charge in [-0.3, -0.25) is 0 Å². The van der Waals surface area contributed by atoms with E-state index in [9.17, 15) is 4.79 Å². The SMILES string of the molecule is CC(C(=O)O)[N+](C)(C)C. The van der Waals surface area contributed by atoms with Crippen LogP contribution < -0.4 is 0 Å². The summed E-state index contributed by atoms with van der Waals surface area (Å²) in [5.41, 5.74) is 0. The maximum Gasteiger partial charge on any atom is 0.362 e. The first-order chi connectivity index (χ1) is 3.85. The minimum Gasteiger partial charge on any atom is -0.477 e. The summed E-state index contributed by atoms with van der Waals surface area (Å²) in [5.74, 6) is -0.748. The first-order valence-corrected chi connectivity index (χ1v) is 2.89. The Labute approximate surface area is 55.5 Å². The average Bonchev–Trinajstić information content (AvgIpc) is 1.62. The second-order valence-electron chi connectivity index (χ2n) is 3.13. The number of likely N-dealkylation sites (N-methyl/N-ethyl adjacent to an activating group) is 1. The molecule has 0 amide bonds. The number of aliphatic carboxylic acids is 1. The second kappa shape index (κ2) is 2.35. The van der Waals surface area contributed by atoms with E-state index in [1.54, 1.807) is 6.92 Å². The molecule has 0 aliphatic heterocycles. The van der Waals surface area contributed by atoms with Gasteiger partial charge in [-0.1, -0.05) is 0 Å². The van der Waals surface area contributed by atoms with E-state index in [2.05, 4.69) is 0 Å². The number of hydrogen-bond acceptors (Lipinski definition) is 1. The summed E-state index contributed by atoms with van der Waals surface area (Å²) in [7, 11) is 5.58. The lowest BCUT2D eigenvalue weighted by Crippen LogP contribution is -2.47. The molecule has 3 heteroatoms. The maximum atomic E-state index is 10.3. The molecule has 0 aromatic heterocycles. The lowest BCUT2D eigenvalue weighted by Gasteiger charge is -2.28. The van der Waals surface area contributed by atoms with Crippen LogP contribution in [0.1, 0.15) is 6.92 Å². The van der Waals surface area contributed by atoms with Crippen molar-refractivity contribution in [1.29, 1.82) is 0 Å². The van der Waals surface area contributed by atoms with Gasteiger partial charge in [0.25, 0.3) is 0 Å². The molecule has 54 valence electrons. The van der Waals surface area contributed by atoms with E-state index in [1.807, 2.05) is 21.1 Å². The molecule has 1 N–H and O–H groups in total. The van der Waals surface area contributed by atoms with Crippen LogP contribution in [0.4, 0.5) is 0 Å². The minimum atomic E-state index is -0.748.